The van der Waals surface area contributed by atoms with Crippen LogP contribution in [0.25, 0.3) is 0 Å². The second-order valence-corrected chi connectivity index (χ2v) is 5.36. The van der Waals surface area contributed by atoms with Crippen LogP contribution in [-0.2, 0) is 6.54 Å². The second kappa shape index (κ2) is 8.06. The largest absolute Gasteiger partial charge is 0.497 e. The molecule has 0 aliphatic rings. The quantitative estimate of drug-likeness (QED) is 0.645. The van der Waals surface area contributed by atoms with Crippen LogP contribution in [0.3, 0.4) is 0 Å². The Balaban J connectivity index is 1.42. The van der Waals surface area contributed by atoms with Gasteiger partial charge in [0.15, 0.2) is 0 Å². The van der Waals surface area contributed by atoms with E-state index in [1.165, 1.54) is 5.56 Å². The Bertz CT molecular complexity index is 739. The monoisotopic (exact) mass is 323 g/mol. The Kier molecular flexibility index (Phi) is 5.35. The van der Waals surface area contributed by atoms with Gasteiger partial charge in [0.2, 0.25) is 0 Å². The van der Waals surface area contributed by atoms with Crippen molar-refractivity contribution in [3.8, 4) is 11.5 Å². The van der Waals surface area contributed by atoms with Gasteiger partial charge in [0.1, 0.15) is 18.1 Å². The fraction of sp³-hybridized carbons (Fsp3) is 0.211. The molecule has 124 valence electrons. The Morgan fingerprint density at radius 3 is 2.50 bits per heavy atom. The number of anilines is 1. The maximum Gasteiger partial charge on any atom is 0.119 e. The third kappa shape index (κ3) is 4.52. The van der Waals surface area contributed by atoms with Crippen LogP contribution in [-0.4, -0.2) is 30.0 Å². The summed E-state index contributed by atoms with van der Waals surface area (Å²) in [7, 11) is 1.65. The van der Waals surface area contributed by atoms with Gasteiger partial charge >= 0.3 is 0 Å². The molecule has 0 atom stereocenters. The fourth-order valence-electron chi connectivity index (χ4n) is 2.35. The van der Waals surface area contributed by atoms with Crippen molar-refractivity contribution in [3.63, 3.8) is 0 Å². The summed E-state index contributed by atoms with van der Waals surface area (Å²) in [5, 5.41) is 7.68. The van der Waals surface area contributed by atoms with E-state index >= 15 is 0 Å². The first-order chi connectivity index (χ1) is 11.8. The summed E-state index contributed by atoms with van der Waals surface area (Å²) >= 11 is 0. The second-order valence-electron chi connectivity index (χ2n) is 5.36. The predicted molar refractivity (Wildman–Crippen MR) is 94.7 cm³/mol. The molecule has 0 fully saturated rings. The molecule has 0 unspecified atom stereocenters. The van der Waals surface area contributed by atoms with Gasteiger partial charge in [-0.1, -0.05) is 30.3 Å². The van der Waals surface area contributed by atoms with E-state index in [9.17, 15) is 0 Å². The van der Waals surface area contributed by atoms with Gasteiger partial charge in [-0.05, 0) is 29.8 Å². The van der Waals surface area contributed by atoms with Crippen LogP contribution in [0.4, 0.5) is 5.69 Å². The van der Waals surface area contributed by atoms with E-state index in [4.69, 9.17) is 9.47 Å². The first-order valence-corrected chi connectivity index (χ1v) is 7.90. The van der Waals surface area contributed by atoms with Gasteiger partial charge in [0.25, 0.3) is 0 Å². The van der Waals surface area contributed by atoms with Crippen LogP contribution in [0.15, 0.2) is 67.0 Å². The average Bonchev–Trinajstić information content (AvgIpc) is 3.07. The van der Waals surface area contributed by atoms with Crippen LogP contribution >= 0.6 is 0 Å². The molecular weight excluding hydrogens is 302 g/mol. The average molecular weight is 323 g/mol. The van der Waals surface area contributed by atoms with Crippen LogP contribution in [0, 0.1) is 0 Å². The van der Waals surface area contributed by atoms with Crippen LogP contribution in [0.5, 0.6) is 11.5 Å². The van der Waals surface area contributed by atoms with Crippen molar-refractivity contribution in [1.29, 1.82) is 0 Å². The summed E-state index contributed by atoms with van der Waals surface area (Å²) in [6.45, 7) is 2.06. The first-order valence-electron chi connectivity index (χ1n) is 7.90. The van der Waals surface area contributed by atoms with Crippen molar-refractivity contribution in [2.24, 2.45) is 0 Å². The van der Waals surface area contributed by atoms with Gasteiger partial charge in [0.05, 0.1) is 25.5 Å². The van der Waals surface area contributed by atoms with E-state index in [2.05, 4.69) is 22.5 Å². The lowest BCUT2D eigenvalue weighted by molar-refractivity contribution is 0.332. The maximum atomic E-state index is 5.68. The summed E-state index contributed by atoms with van der Waals surface area (Å²) < 4.78 is 12.7. The number of nitrogens with one attached hydrogen (secondary N) is 1. The lowest BCUT2D eigenvalue weighted by atomic mass is 10.2. The van der Waals surface area contributed by atoms with Gasteiger partial charge < -0.3 is 14.8 Å². The van der Waals surface area contributed by atoms with E-state index in [-0.39, 0.29) is 0 Å². The predicted octanol–water partition coefficient (Wildman–Crippen LogP) is 3.43. The lowest BCUT2D eigenvalue weighted by Gasteiger charge is -2.08. The standard InChI is InChI=1S/C19H21N3O2/c1-23-18-7-9-19(10-8-18)24-12-11-20-17-13-21-22(15-17)14-16-5-3-2-4-6-16/h2-10,13,15,20H,11-12,14H2,1H3. The summed E-state index contributed by atoms with van der Waals surface area (Å²) in [5.41, 5.74) is 2.22. The molecule has 0 saturated heterocycles. The third-order valence-corrected chi connectivity index (χ3v) is 3.58. The molecule has 0 saturated carbocycles. The van der Waals surface area contributed by atoms with E-state index in [1.54, 1.807) is 7.11 Å². The molecule has 5 heteroatoms. The molecule has 0 bridgehead atoms. The summed E-state index contributed by atoms with van der Waals surface area (Å²) in [4.78, 5) is 0. The molecule has 0 aliphatic carbocycles. The summed E-state index contributed by atoms with van der Waals surface area (Å²) in [6, 6.07) is 17.8. The maximum absolute atomic E-state index is 5.68. The highest BCUT2D eigenvalue weighted by Crippen LogP contribution is 2.16. The number of nitrogens with zero attached hydrogens (tertiary/aromatic N) is 2. The molecule has 0 aliphatic heterocycles. The minimum atomic E-state index is 0.580. The molecular formula is C19H21N3O2. The molecule has 1 N–H and O–H groups in total. The Morgan fingerprint density at radius 1 is 1.00 bits per heavy atom. The van der Waals surface area contributed by atoms with Crippen molar-refractivity contribution in [2.45, 2.75) is 6.54 Å². The lowest BCUT2D eigenvalue weighted by Crippen LogP contribution is -2.11. The molecule has 0 radical (unpaired) electrons. The van der Waals surface area contributed by atoms with E-state index in [1.807, 2.05) is 59.5 Å². The molecule has 0 spiro atoms. The molecule has 0 amide bonds. The molecule has 2 aromatic carbocycles. The number of ether oxygens (including phenoxy) is 2. The number of hydrogen-bond acceptors (Lipinski definition) is 4. The zero-order valence-electron chi connectivity index (χ0n) is 13.7. The molecule has 24 heavy (non-hydrogen) atoms. The highest BCUT2D eigenvalue weighted by molar-refractivity contribution is 5.38. The summed E-state index contributed by atoms with van der Waals surface area (Å²) in [5.74, 6) is 1.66. The highest BCUT2D eigenvalue weighted by Gasteiger charge is 2.00. The highest BCUT2D eigenvalue weighted by atomic mass is 16.5. The molecule has 3 rings (SSSR count). The van der Waals surface area contributed by atoms with Crippen molar-refractivity contribution in [1.82, 2.24) is 9.78 Å². The Labute approximate surface area is 141 Å². The van der Waals surface area contributed by atoms with E-state index in [0.717, 1.165) is 23.7 Å². The molecule has 1 heterocycles. The van der Waals surface area contributed by atoms with Crippen LogP contribution < -0.4 is 14.8 Å². The van der Waals surface area contributed by atoms with Gasteiger partial charge in [-0.15, -0.1) is 0 Å². The van der Waals surface area contributed by atoms with E-state index in [0.29, 0.717) is 13.2 Å². The number of hydrogen-bond donors (Lipinski definition) is 1. The van der Waals surface area contributed by atoms with Crippen molar-refractivity contribution in [2.75, 3.05) is 25.6 Å². The van der Waals surface area contributed by atoms with Gasteiger partial charge in [-0.3, -0.25) is 4.68 Å². The minimum absolute atomic E-state index is 0.580. The Hall–Kier alpha value is -2.95. The number of rotatable bonds is 8. The Morgan fingerprint density at radius 2 is 1.75 bits per heavy atom. The first kappa shape index (κ1) is 15.9. The normalized spacial score (nSPS) is 10.4. The minimum Gasteiger partial charge on any atom is -0.497 e. The fourth-order valence-corrected chi connectivity index (χ4v) is 2.35. The zero-order valence-corrected chi connectivity index (χ0v) is 13.7. The van der Waals surface area contributed by atoms with Crippen LogP contribution in [0.2, 0.25) is 0 Å². The van der Waals surface area contributed by atoms with E-state index < -0.39 is 0 Å². The molecule has 5 nitrogen and oxygen atoms in total. The van der Waals surface area contributed by atoms with Gasteiger partial charge in [-0.25, -0.2) is 0 Å². The van der Waals surface area contributed by atoms with Gasteiger partial charge in [-0.2, -0.15) is 5.10 Å². The number of benzene rings is 2. The third-order valence-electron chi connectivity index (χ3n) is 3.58. The summed E-state index contributed by atoms with van der Waals surface area (Å²) in [6.07, 6.45) is 3.83. The van der Waals surface area contributed by atoms with Gasteiger partial charge in [0, 0.05) is 12.7 Å². The number of methoxy groups -OCH3 is 1. The zero-order chi connectivity index (χ0) is 16.6. The molecule has 1 aromatic heterocycles. The number of aromatic nitrogens is 2. The molecule has 3 aromatic rings. The topological polar surface area (TPSA) is 48.3 Å². The SMILES string of the molecule is COc1ccc(OCCNc2cnn(Cc3ccccc3)c2)cc1. The van der Waals surface area contributed by atoms with Crippen molar-refractivity contribution >= 4 is 5.69 Å². The van der Waals surface area contributed by atoms with Crippen LogP contribution in [0.1, 0.15) is 5.56 Å². The van der Waals surface area contributed by atoms with Crippen molar-refractivity contribution in [3.05, 3.63) is 72.6 Å². The smallest absolute Gasteiger partial charge is 0.119 e. The van der Waals surface area contributed by atoms with Crippen molar-refractivity contribution < 1.29 is 9.47 Å².